The number of hydroxylamine groups is 1. The zero-order valence-corrected chi connectivity index (χ0v) is 19.2. The monoisotopic (exact) mass is 545 g/mol. The molecule has 2 unspecified atom stereocenters. The molecule has 1 aliphatic heterocycles. The topological polar surface area (TPSA) is 107 Å². The number of halogens is 7. The van der Waals surface area contributed by atoms with Gasteiger partial charge in [-0.15, -0.1) is 0 Å². The lowest BCUT2D eigenvalue weighted by Crippen LogP contribution is -2.60. The number of hydrogen-bond donors (Lipinski definition) is 2. The van der Waals surface area contributed by atoms with E-state index < -0.39 is 65.0 Å². The fourth-order valence-corrected chi connectivity index (χ4v) is 3.69. The number of ether oxygens (including phenoxy) is 1. The first kappa shape index (κ1) is 27.1. The third-order valence-electron chi connectivity index (χ3n) is 5.55. The van der Waals surface area contributed by atoms with E-state index in [0.717, 1.165) is 35.2 Å². The van der Waals surface area contributed by atoms with Crippen molar-refractivity contribution in [2.24, 2.45) is 11.5 Å². The maximum atomic E-state index is 14.0. The second-order valence-electron chi connectivity index (χ2n) is 8.07. The second kappa shape index (κ2) is 9.74. The normalized spacial score (nSPS) is 18.2. The van der Waals surface area contributed by atoms with Crippen molar-refractivity contribution in [3.63, 3.8) is 0 Å². The number of nitrogens with zero attached hydrogens (tertiary/aromatic N) is 3. The molecule has 0 amide bonds. The average Bonchev–Trinajstić information content (AvgIpc) is 2.83. The summed E-state index contributed by atoms with van der Waals surface area (Å²) in [5.74, 6) is -4.39. The third kappa shape index (κ3) is 5.20. The molecule has 0 saturated heterocycles. The first-order chi connectivity index (χ1) is 17.7. The van der Waals surface area contributed by atoms with Gasteiger partial charge in [-0.2, -0.15) is 31.4 Å². The summed E-state index contributed by atoms with van der Waals surface area (Å²) in [6, 6.07) is 9.93. The molecule has 2 aromatic carbocycles. The molecule has 4 N–H and O–H groups in total. The van der Waals surface area contributed by atoms with Crippen LogP contribution >= 0.6 is 0 Å². The van der Waals surface area contributed by atoms with Gasteiger partial charge in [-0.3, -0.25) is 10.6 Å². The van der Waals surface area contributed by atoms with Crippen LogP contribution in [0.15, 0.2) is 54.6 Å². The highest BCUT2D eigenvalue weighted by atomic mass is 19.4. The van der Waals surface area contributed by atoms with E-state index in [1.165, 1.54) is 31.3 Å². The molecule has 1 aromatic heterocycles. The number of carbonyl (C=O) groups is 1. The molecule has 4 rings (SSSR count). The van der Waals surface area contributed by atoms with Gasteiger partial charge in [0.1, 0.15) is 17.3 Å². The highest BCUT2D eigenvalue weighted by Gasteiger charge is 2.46. The number of alkyl halides is 6. The lowest BCUT2D eigenvalue weighted by atomic mass is 10.0. The highest BCUT2D eigenvalue weighted by molar-refractivity contribution is 5.78. The van der Waals surface area contributed by atoms with Crippen molar-refractivity contribution in [3.05, 3.63) is 71.5 Å². The Balaban J connectivity index is 1.90. The fourth-order valence-electron chi connectivity index (χ4n) is 3.69. The first-order valence-electron chi connectivity index (χ1n) is 10.6. The molecule has 0 spiro atoms. The van der Waals surface area contributed by atoms with Gasteiger partial charge in [0.15, 0.2) is 12.1 Å². The quantitative estimate of drug-likeness (QED) is 0.456. The van der Waals surface area contributed by atoms with Crippen molar-refractivity contribution < 1.29 is 45.1 Å². The summed E-state index contributed by atoms with van der Waals surface area (Å²) >= 11 is 0. The molecule has 38 heavy (non-hydrogen) atoms. The molecule has 2 atom stereocenters. The van der Waals surface area contributed by atoms with Crippen LogP contribution in [0.1, 0.15) is 17.3 Å². The zero-order chi connectivity index (χ0) is 28.0. The van der Waals surface area contributed by atoms with Gasteiger partial charge in [0.25, 0.3) is 0 Å². The van der Waals surface area contributed by atoms with Crippen LogP contribution in [0.25, 0.3) is 11.3 Å². The van der Waals surface area contributed by atoms with E-state index in [4.69, 9.17) is 16.2 Å². The van der Waals surface area contributed by atoms with Crippen LogP contribution in [0, 0.1) is 5.82 Å². The van der Waals surface area contributed by atoms with Crippen molar-refractivity contribution in [1.29, 1.82) is 0 Å². The summed E-state index contributed by atoms with van der Waals surface area (Å²) in [6.07, 6.45) is -13.0. The molecule has 0 saturated carbocycles. The smallest absolute Gasteiger partial charge is 0.457 e. The number of fused-ring (bicyclic) bond motifs is 1. The van der Waals surface area contributed by atoms with E-state index in [1.807, 2.05) is 0 Å². The van der Waals surface area contributed by atoms with E-state index >= 15 is 0 Å². The van der Waals surface area contributed by atoms with Gasteiger partial charge in [-0.25, -0.2) is 14.2 Å². The van der Waals surface area contributed by atoms with E-state index in [0.29, 0.717) is 5.06 Å². The molecule has 0 radical (unpaired) electrons. The predicted molar refractivity (Wildman–Crippen MR) is 118 cm³/mol. The van der Waals surface area contributed by atoms with Gasteiger partial charge < -0.3 is 15.3 Å². The Hall–Kier alpha value is -3.95. The van der Waals surface area contributed by atoms with Crippen LogP contribution in [0.3, 0.4) is 0 Å². The van der Waals surface area contributed by atoms with Crippen LogP contribution in [0.5, 0.6) is 11.5 Å². The van der Waals surface area contributed by atoms with E-state index in [-0.39, 0.29) is 11.3 Å². The third-order valence-corrected chi connectivity index (χ3v) is 5.55. The van der Waals surface area contributed by atoms with Crippen LogP contribution < -0.4 is 21.3 Å². The predicted octanol–water partition coefficient (Wildman–Crippen LogP) is 4.67. The van der Waals surface area contributed by atoms with Crippen LogP contribution in [0.4, 0.5) is 36.6 Å². The Bertz CT molecular complexity index is 1370. The summed E-state index contributed by atoms with van der Waals surface area (Å²) in [5, 5.41) is 0.307. The minimum absolute atomic E-state index is 0.00464. The molecule has 3 aromatic rings. The summed E-state index contributed by atoms with van der Waals surface area (Å²) in [4.78, 5) is 21.2. The summed E-state index contributed by atoms with van der Waals surface area (Å²) in [5.41, 5.74) is 9.72. The lowest BCUT2D eigenvalue weighted by molar-refractivity contribution is -0.204. The number of aromatic nitrogens is 1. The largest absolute Gasteiger partial charge is 0.493 e. The minimum Gasteiger partial charge on any atom is -0.457 e. The van der Waals surface area contributed by atoms with Gasteiger partial charge in [-0.05, 0) is 37.4 Å². The number of rotatable bonds is 4. The van der Waals surface area contributed by atoms with Gasteiger partial charge in [0, 0.05) is 11.6 Å². The minimum atomic E-state index is -5.41. The van der Waals surface area contributed by atoms with Crippen molar-refractivity contribution in [2.75, 3.05) is 12.1 Å². The molecule has 0 aliphatic carbocycles. The second-order valence-corrected chi connectivity index (χ2v) is 8.07. The lowest BCUT2D eigenvalue weighted by Gasteiger charge is -2.42. The Morgan fingerprint density at radius 1 is 1.00 bits per heavy atom. The fraction of sp³-hybridized carbons (Fsp3) is 0.217. The maximum absolute atomic E-state index is 14.0. The molecule has 0 fully saturated rings. The van der Waals surface area contributed by atoms with Gasteiger partial charge >= 0.3 is 18.3 Å². The SMILES string of the molecule is CN1C(N)c2ccc(-c3c(Oc4cccc(F)c4)cccc3C(F)(F)F)nc2N(OC(=O)C(F)(F)F)C1N. The molecule has 0 bridgehead atoms. The first-order valence-corrected chi connectivity index (χ1v) is 10.6. The number of hydrogen-bond acceptors (Lipinski definition) is 8. The molecule has 1 aliphatic rings. The number of pyridine rings is 1. The Labute approximate surface area is 210 Å². The van der Waals surface area contributed by atoms with Gasteiger partial charge in [-0.1, -0.05) is 18.2 Å². The number of benzene rings is 2. The molecular weight excluding hydrogens is 527 g/mol. The standard InChI is InChI=1S/C23H18F7N5O3/c1-34-18(31)13-8-9-15(33-19(13)35(21(34)32)38-20(36)23(28,29)30)17-14(22(25,26)27)6-3-7-16(17)37-12-5-2-4-11(24)10-12/h2-10,18,21H,31-32H2,1H3. The van der Waals surface area contributed by atoms with Gasteiger partial charge in [0.2, 0.25) is 0 Å². The maximum Gasteiger partial charge on any atom is 0.493 e. The van der Waals surface area contributed by atoms with Crippen LogP contribution in [-0.2, 0) is 15.8 Å². The Morgan fingerprint density at radius 2 is 1.68 bits per heavy atom. The van der Waals surface area contributed by atoms with E-state index in [1.54, 1.807) is 0 Å². The number of anilines is 1. The van der Waals surface area contributed by atoms with Gasteiger partial charge in [0.05, 0.1) is 23.0 Å². The molecule has 8 nitrogen and oxygen atoms in total. The molecular formula is C23H18F7N5O3. The zero-order valence-electron chi connectivity index (χ0n) is 19.2. The summed E-state index contributed by atoms with van der Waals surface area (Å²) < 4.78 is 100. The molecule has 2 heterocycles. The van der Waals surface area contributed by atoms with Crippen molar-refractivity contribution in [1.82, 2.24) is 9.88 Å². The number of nitrogens with two attached hydrogens (primary N) is 2. The molecule has 15 heteroatoms. The Kier molecular flexibility index (Phi) is 6.94. The van der Waals surface area contributed by atoms with E-state index in [9.17, 15) is 35.5 Å². The Morgan fingerprint density at radius 3 is 2.32 bits per heavy atom. The van der Waals surface area contributed by atoms with Crippen LogP contribution in [0.2, 0.25) is 0 Å². The van der Waals surface area contributed by atoms with E-state index in [2.05, 4.69) is 9.82 Å². The average molecular weight is 545 g/mol. The van der Waals surface area contributed by atoms with Crippen molar-refractivity contribution in [2.45, 2.75) is 24.8 Å². The number of carbonyl (C=O) groups excluding carboxylic acids is 1. The molecule has 202 valence electrons. The van der Waals surface area contributed by atoms with Crippen molar-refractivity contribution >= 4 is 11.8 Å². The van der Waals surface area contributed by atoms with Crippen molar-refractivity contribution in [3.8, 4) is 22.8 Å². The van der Waals surface area contributed by atoms with Crippen LogP contribution in [-0.4, -0.2) is 35.4 Å². The summed E-state index contributed by atoms with van der Waals surface area (Å²) in [6.45, 7) is 0. The highest BCUT2D eigenvalue weighted by Crippen LogP contribution is 2.44. The summed E-state index contributed by atoms with van der Waals surface area (Å²) in [7, 11) is 1.32.